The van der Waals surface area contributed by atoms with Crippen molar-refractivity contribution in [2.75, 3.05) is 39.3 Å². The number of alkyl halides is 3. The Labute approximate surface area is 174 Å². The fraction of sp³-hybridized carbons (Fsp3) is 0.667. The average Bonchev–Trinajstić information content (AvgIpc) is 2.69. The largest absolute Gasteiger partial charge is 0.416 e. The number of nitrogens with one attached hydrogen (secondary N) is 1. The van der Waals surface area contributed by atoms with Gasteiger partial charge in [-0.3, -0.25) is 9.69 Å². The highest BCUT2D eigenvalue weighted by Crippen LogP contribution is 2.30. The minimum Gasteiger partial charge on any atom is -0.393 e. The summed E-state index contributed by atoms with van der Waals surface area (Å²) in [6.45, 7) is 3.98. The van der Waals surface area contributed by atoms with Gasteiger partial charge in [0, 0.05) is 32.7 Å². The van der Waals surface area contributed by atoms with Crippen LogP contribution in [0.1, 0.15) is 36.8 Å². The molecule has 168 valence electrons. The molecule has 2 N–H and O–H groups in total. The summed E-state index contributed by atoms with van der Waals surface area (Å²) in [7, 11) is 0. The maximum atomic E-state index is 13.5. The van der Waals surface area contributed by atoms with Gasteiger partial charge >= 0.3 is 6.18 Å². The standard InChI is InChI=1S/C21H29F4N3O2/c22-18-10-16(9-17(11-18)21(23,24)25)13-26-12-15-1-7-28(8-2-15)20(30)14-27-5-3-19(29)4-6-27/h9-11,15,19,26,29H,1-8,12-14H2. The van der Waals surface area contributed by atoms with E-state index in [2.05, 4.69) is 10.2 Å². The van der Waals surface area contributed by atoms with Crippen LogP contribution in [0, 0.1) is 11.7 Å². The average molecular weight is 431 g/mol. The Balaban J connectivity index is 1.38. The molecule has 2 fully saturated rings. The summed E-state index contributed by atoms with van der Waals surface area (Å²) in [5, 5.41) is 12.7. The number of likely N-dealkylation sites (tertiary alicyclic amines) is 2. The molecular weight excluding hydrogens is 402 g/mol. The summed E-state index contributed by atoms with van der Waals surface area (Å²) in [6.07, 6.45) is -1.76. The number of aliphatic hydroxyl groups is 1. The molecule has 2 saturated heterocycles. The second-order valence-electron chi connectivity index (χ2n) is 8.31. The number of carbonyl (C=O) groups excluding carboxylic acids is 1. The number of halogens is 4. The zero-order valence-corrected chi connectivity index (χ0v) is 16.9. The van der Waals surface area contributed by atoms with Crippen LogP contribution in [-0.2, 0) is 17.5 Å². The molecule has 1 aromatic rings. The first-order valence-electron chi connectivity index (χ1n) is 10.5. The molecule has 30 heavy (non-hydrogen) atoms. The molecule has 2 aliphatic heterocycles. The summed E-state index contributed by atoms with van der Waals surface area (Å²) in [4.78, 5) is 16.4. The Bertz CT molecular complexity index is 713. The molecule has 1 aromatic carbocycles. The van der Waals surface area contributed by atoms with Crippen molar-refractivity contribution in [1.29, 1.82) is 0 Å². The first-order valence-corrected chi connectivity index (χ1v) is 10.5. The number of amides is 1. The first-order chi connectivity index (χ1) is 14.2. The molecule has 0 atom stereocenters. The summed E-state index contributed by atoms with van der Waals surface area (Å²) in [6, 6.07) is 2.59. The summed E-state index contributed by atoms with van der Waals surface area (Å²) < 4.78 is 51.8. The van der Waals surface area contributed by atoms with Crippen LogP contribution in [0.5, 0.6) is 0 Å². The van der Waals surface area contributed by atoms with E-state index in [-0.39, 0.29) is 24.1 Å². The van der Waals surface area contributed by atoms with Crippen molar-refractivity contribution in [2.24, 2.45) is 5.92 Å². The normalized spacial score (nSPS) is 20.0. The number of hydrogen-bond donors (Lipinski definition) is 2. The van der Waals surface area contributed by atoms with E-state index in [0.717, 1.165) is 38.1 Å². The second-order valence-corrected chi connectivity index (χ2v) is 8.31. The number of piperidine rings is 2. The maximum Gasteiger partial charge on any atom is 0.416 e. The van der Waals surface area contributed by atoms with Crippen LogP contribution in [0.3, 0.4) is 0 Å². The SMILES string of the molecule is O=C(CN1CCC(O)CC1)N1CCC(CNCc2cc(F)cc(C(F)(F)F)c2)CC1. The Morgan fingerprint density at radius 2 is 1.73 bits per heavy atom. The number of nitrogens with zero attached hydrogens (tertiary/aromatic N) is 2. The van der Waals surface area contributed by atoms with Crippen LogP contribution in [0.25, 0.3) is 0 Å². The van der Waals surface area contributed by atoms with E-state index in [9.17, 15) is 27.5 Å². The van der Waals surface area contributed by atoms with E-state index in [1.165, 1.54) is 0 Å². The lowest BCUT2D eigenvalue weighted by Gasteiger charge is -2.35. The summed E-state index contributed by atoms with van der Waals surface area (Å²) in [5.74, 6) is -0.455. The van der Waals surface area contributed by atoms with E-state index >= 15 is 0 Å². The first kappa shape index (κ1) is 23.0. The predicted molar refractivity (Wildman–Crippen MR) is 104 cm³/mol. The van der Waals surface area contributed by atoms with Crippen molar-refractivity contribution in [2.45, 2.75) is 44.5 Å². The molecule has 5 nitrogen and oxygen atoms in total. The van der Waals surface area contributed by atoms with Crippen molar-refractivity contribution in [1.82, 2.24) is 15.1 Å². The summed E-state index contributed by atoms with van der Waals surface area (Å²) >= 11 is 0. The molecule has 0 aromatic heterocycles. The third-order valence-electron chi connectivity index (χ3n) is 5.93. The van der Waals surface area contributed by atoms with Crippen LogP contribution < -0.4 is 5.32 Å². The van der Waals surface area contributed by atoms with Crippen molar-refractivity contribution in [3.63, 3.8) is 0 Å². The fourth-order valence-corrected chi connectivity index (χ4v) is 4.09. The van der Waals surface area contributed by atoms with Crippen LogP contribution in [0.15, 0.2) is 18.2 Å². The van der Waals surface area contributed by atoms with Crippen LogP contribution >= 0.6 is 0 Å². The number of aliphatic hydroxyl groups excluding tert-OH is 1. The minimum atomic E-state index is -4.57. The summed E-state index contributed by atoms with van der Waals surface area (Å²) in [5.41, 5.74) is -0.712. The monoisotopic (exact) mass is 431 g/mol. The van der Waals surface area contributed by atoms with Gasteiger partial charge in [-0.1, -0.05) is 0 Å². The zero-order valence-electron chi connectivity index (χ0n) is 16.9. The van der Waals surface area contributed by atoms with Crippen molar-refractivity contribution < 1.29 is 27.5 Å². The highest BCUT2D eigenvalue weighted by molar-refractivity contribution is 5.78. The quantitative estimate of drug-likeness (QED) is 0.680. The minimum absolute atomic E-state index is 0.109. The molecule has 3 rings (SSSR count). The molecule has 0 radical (unpaired) electrons. The predicted octanol–water partition coefficient (Wildman–Crippen LogP) is 2.63. The van der Waals surface area contributed by atoms with E-state index < -0.39 is 17.6 Å². The van der Waals surface area contributed by atoms with Gasteiger partial charge in [-0.15, -0.1) is 0 Å². The van der Waals surface area contributed by atoms with Gasteiger partial charge in [-0.2, -0.15) is 13.2 Å². The van der Waals surface area contributed by atoms with Gasteiger partial charge in [-0.05, 0) is 61.9 Å². The highest BCUT2D eigenvalue weighted by Gasteiger charge is 2.31. The van der Waals surface area contributed by atoms with Gasteiger partial charge in [-0.25, -0.2) is 4.39 Å². The molecule has 9 heteroatoms. The Morgan fingerprint density at radius 1 is 1.07 bits per heavy atom. The van der Waals surface area contributed by atoms with Crippen LogP contribution in [0.2, 0.25) is 0 Å². The third-order valence-corrected chi connectivity index (χ3v) is 5.93. The second kappa shape index (κ2) is 10.1. The zero-order chi connectivity index (χ0) is 21.7. The highest BCUT2D eigenvalue weighted by atomic mass is 19.4. The van der Waals surface area contributed by atoms with E-state index in [4.69, 9.17) is 0 Å². The molecule has 2 heterocycles. The lowest BCUT2D eigenvalue weighted by Crippen LogP contribution is -2.47. The maximum absolute atomic E-state index is 13.5. The van der Waals surface area contributed by atoms with E-state index in [1.54, 1.807) is 0 Å². The fourth-order valence-electron chi connectivity index (χ4n) is 4.09. The molecule has 0 bridgehead atoms. The van der Waals surface area contributed by atoms with Gasteiger partial charge in [0.2, 0.25) is 5.91 Å². The van der Waals surface area contributed by atoms with Crippen molar-refractivity contribution in [3.8, 4) is 0 Å². The molecule has 2 aliphatic rings. The number of carbonyl (C=O) groups is 1. The Hall–Kier alpha value is -1.71. The Kier molecular flexibility index (Phi) is 7.70. The van der Waals surface area contributed by atoms with Crippen molar-refractivity contribution >= 4 is 5.91 Å². The van der Waals surface area contributed by atoms with Gasteiger partial charge in [0.05, 0.1) is 18.2 Å². The topological polar surface area (TPSA) is 55.8 Å². The number of hydrogen-bond acceptors (Lipinski definition) is 4. The molecule has 0 aliphatic carbocycles. The smallest absolute Gasteiger partial charge is 0.393 e. The van der Waals surface area contributed by atoms with E-state index in [1.807, 2.05) is 4.90 Å². The Morgan fingerprint density at radius 3 is 2.37 bits per heavy atom. The van der Waals surface area contributed by atoms with Gasteiger partial charge in [0.15, 0.2) is 0 Å². The molecule has 0 spiro atoms. The van der Waals surface area contributed by atoms with Crippen molar-refractivity contribution in [3.05, 3.63) is 35.1 Å². The number of benzene rings is 1. The van der Waals surface area contributed by atoms with Crippen LogP contribution in [0.4, 0.5) is 17.6 Å². The number of rotatable bonds is 6. The molecule has 0 saturated carbocycles. The lowest BCUT2D eigenvalue weighted by molar-refractivity contribution is -0.138. The van der Waals surface area contributed by atoms with Crippen LogP contribution in [-0.4, -0.2) is 66.2 Å². The lowest BCUT2D eigenvalue weighted by atomic mass is 9.96. The van der Waals surface area contributed by atoms with E-state index in [0.29, 0.717) is 51.0 Å². The van der Waals surface area contributed by atoms with Gasteiger partial charge in [0.1, 0.15) is 5.82 Å². The van der Waals surface area contributed by atoms with Gasteiger partial charge in [0.25, 0.3) is 0 Å². The molecule has 0 unspecified atom stereocenters. The van der Waals surface area contributed by atoms with Gasteiger partial charge < -0.3 is 15.3 Å². The third kappa shape index (κ3) is 6.65. The molecule has 1 amide bonds. The molecular formula is C21H29F4N3O2.